The highest BCUT2D eigenvalue weighted by atomic mass is 16.2. The number of hydrogen-bond acceptors (Lipinski definition) is 1. The number of nitrogens with zero attached hydrogens (tertiary/aromatic N) is 1. The molecule has 0 aliphatic heterocycles. The van der Waals surface area contributed by atoms with Crippen molar-refractivity contribution >= 4 is 5.91 Å². The first kappa shape index (κ1) is 16.0. The first-order valence-corrected chi connectivity index (χ1v) is 7.75. The molecule has 0 aromatic heterocycles. The largest absolute Gasteiger partial charge is 0.338 e. The number of carbonyl (C=O) groups excluding carboxylic acids is 1. The molecule has 2 nitrogen and oxygen atoms in total. The van der Waals surface area contributed by atoms with Gasteiger partial charge in [0.05, 0.1) is 0 Å². The second kappa shape index (κ2) is 8.95. The minimum Gasteiger partial charge on any atom is -0.338 e. The fraction of sp³-hybridized carbons (Fsp3) is 0.706. The van der Waals surface area contributed by atoms with Crippen LogP contribution in [0.15, 0.2) is 23.8 Å². The van der Waals surface area contributed by atoms with Crippen LogP contribution >= 0.6 is 0 Å². The molecule has 1 aliphatic carbocycles. The summed E-state index contributed by atoms with van der Waals surface area (Å²) in [4.78, 5) is 14.0. The second-order valence-corrected chi connectivity index (χ2v) is 5.58. The van der Waals surface area contributed by atoms with Crippen molar-refractivity contribution in [1.82, 2.24) is 4.90 Å². The van der Waals surface area contributed by atoms with Gasteiger partial charge in [-0.1, -0.05) is 37.6 Å². The average molecular weight is 263 g/mol. The van der Waals surface area contributed by atoms with Crippen LogP contribution in [0.25, 0.3) is 0 Å². The number of allylic oxidation sites excluding steroid dienone is 3. The third-order valence-electron chi connectivity index (χ3n) is 3.50. The van der Waals surface area contributed by atoms with E-state index < -0.39 is 0 Å². The number of hydrogen-bond donors (Lipinski definition) is 0. The molecule has 0 spiro atoms. The van der Waals surface area contributed by atoms with Crippen LogP contribution in [0.4, 0.5) is 0 Å². The van der Waals surface area contributed by atoms with Crippen molar-refractivity contribution < 1.29 is 4.79 Å². The molecular formula is C17H29NO. The number of rotatable bonds is 9. The number of carbonyl (C=O) groups is 1. The molecule has 0 unspecified atom stereocenters. The van der Waals surface area contributed by atoms with E-state index in [4.69, 9.17) is 0 Å². The Kier molecular flexibility index (Phi) is 7.54. The van der Waals surface area contributed by atoms with Crippen molar-refractivity contribution in [1.29, 1.82) is 0 Å². The molecule has 0 heterocycles. The highest BCUT2D eigenvalue weighted by Crippen LogP contribution is 2.30. The summed E-state index contributed by atoms with van der Waals surface area (Å²) >= 11 is 0. The monoisotopic (exact) mass is 263 g/mol. The van der Waals surface area contributed by atoms with E-state index in [9.17, 15) is 4.79 Å². The maximum atomic E-state index is 11.9. The Morgan fingerprint density at radius 2 is 1.95 bits per heavy atom. The highest BCUT2D eigenvalue weighted by Gasteiger charge is 2.26. The Balaban J connectivity index is 2.36. The van der Waals surface area contributed by atoms with Gasteiger partial charge in [-0.25, -0.2) is 0 Å². The molecule has 19 heavy (non-hydrogen) atoms. The lowest BCUT2D eigenvalue weighted by Crippen LogP contribution is -2.33. The number of amides is 1. The average Bonchev–Trinajstić information content (AvgIpc) is 3.20. The van der Waals surface area contributed by atoms with Gasteiger partial charge in [-0.2, -0.15) is 0 Å². The van der Waals surface area contributed by atoms with Crippen LogP contribution in [0.1, 0.15) is 59.3 Å². The summed E-state index contributed by atoms with van der Waals surface area (Å²) < 4.78 is 0. The SMILES string of the molecule is CC/C=C\CC/C=C(\C)CN(CC1CC1)C(=O)CC. The summed E-state index contributed by atoms with van der Waals surface area (Å²) in [7, 11) is 0. The molecule has 1 saturated carbocycles. The molecule has 0 aromatic rings. The van der Waals surface area contributed by atoms with Crippen molar-refractivity contribution in [3.8, 4) is 0 Å². The predicted octanol–water partition coefficient (Wildman–Crippen LogP) is 4.33. The molecule has 1 amide bonds. The van der Waals surface area contributed by atoms with E-state index in [1.807, 2.05) is 11.8 Å². The molecule has 1 aliphatic rings. The third kappa shape index (κ3) is 7.19. The molecule has 0 atom stereocenters. The summed E-state index contributed by atoms with van der Waals surface area (Å²) in [5.74, 6) is 1.07. The van der Waals surface area contributed by atoms with Crippen molar-refractivity contribution in [2.75, 3.05) is 13.1 Å². The molecule has 1 fully saturated rings. The fourth-order valence-electron chi connectivity index (χ4n) is 2.17. The van der Waals surface area contributed by atoms with Crippen LogP contribution < -0.4 is 0 Å². The molecule has 0 N–H and O–H groups in total. The van der Waals surface area contributed by atoms with E-state index >= 15 is 0 Å². The van der Waals surface area contributed by atoms with Gasteiger partial charge in [-0.3, -0.25) is 4.79 Å². The van der Waals surface area contributed by atoms with Gasteiger partial charge in [0.15, 0.2) is 0 Å². The Hall–Kier alpha value is -1.05. The fourth-order valence-corrected chi connectivity index (χ4v) is 2.17. The van der Waals surface area contributed by atoms with Crippen LogP contribution in [0.5, 0.6) is 0 Å². The predicted molar refractivity (Wildman–Crippen MR) is 82.0 cm³/mol. The molecule has 108 valence electrons. The number of unbranched alkanes of at least 4 members (excludes halogenated alkanes) is 1. The molecule has 0 saturated heterocycles. The summed E-state index contributed by atoms with van der Waals surface area (Å²) in [5.41, 5.74) is 1.33. The lowest BCUT2D eigenvalue weighted by molar-refractivity contribution is -0.130. The summed E-state index contributed by atoms with van der Waals surface area (Å²) in [5, 5.41) is 0. The molecule has 0 aromatic carbocycles. The maximum Gasteiger partial charge on any atom is 0.222 e. The van der Waals surface area contributed by atoms with Gasteiger partial charge in [0.25, 0.3) is 0 Å². The van der Waals surface area contributed by atoms with Crippen LogP contribution in [-0.2, 0) is 4.79 Å². The van der Waals surface area contributed by atoms with Crippen molar-refractivity contribution in [2.45, 2.75) is 59.3 Å². The van der Waals surface area contributed by atoms with E-state index in [2.05, 4.69) is 32.1 Å². The van der Waals surface area contributed by atoms with Gasteiger partial charge in [0.1, 0.15) is 0 Å². The quantitative estimate of drug-likeness (QED) is 0.448. The molecule has 0 bridgehead atoms. The van der Waals surface area contributed by atoms with Gasteiger partial charge < -0.3 is 4.90 Å². The van der Waals surface area contributed by atoms with E-state index in [1.54, 1.807) is 0 Å². The minimum atomic E-state index is 0.297. The minimum absolute atomic E-state index is 0.297. The normalized spacial score (nSPS) is 16.1. The van der Waals surface area contributed by atoms with E-state index in [1.165, 1.54) is 18.4 Å². The van der Waals surface area contributed by atoms with E-state index in [-0.39, 0.29) is 0 Å². The Bertz CT molecular complexity index is 326. The topological polar surface area (TPSA) is 20.3 Å². The zero-order valence-corrected chi connectivity index (χ0v) is 12.8. The Morgan fingerprint density at radius 3 is 2.53 bits per heavy atom. The summed E-state index contributed by atoms with van der Waals surface area (Å²) in [6, 6.07) is 0. The van der Waals surface area contributed by atoms with Crippen molar-refractivity contribution in [2.24, 2.45) is 5.92 Å². The standard InChI is InChI=1S/C17H29NO/c1-4-6-7-8-9-10-15(3)13-18(17(19)5-2)14-16-11-12-16/h6-7,10,16H,4-5,8-9,11-14H2,1-3H3/b7-6-,15-10+. The Morgan fingerprint density at radius 1 is 1.21 bits per heavy atom. The van der Waals surface area contributed by atoms with E-state index in [0.717, 1.165) is 38.3 Å². The van der Waals surface area contributed by atoms with Gasteiger partial charge in [0, 0.05) is 19.5 Å². The Labute approximate surface area is 118 Å². The van der Waals surface area contributed by atoms with Gasteiger partial charge in [-0.05, 0) is 44.9 Å². The maximum absolute atomic E-state index is 11.9. The van der Waals surface area contributed by atoms with Crippen LogP contribution in [0, 0.1) is 5.92 Å². The zero-order valence-electron chi connectivity index (χ0n) is 12.8. The molecule has 1 rings (SSSR count). The lowest BCUT2D eigenvalue weighted by Gasteiger charge is -2.22. The van der Waals surface area contributed by atoms with Crippen LogP contribution in [0.2, 0.25) is 0 Å². The van der Waals surface area contributed by atoms with Crippen molar-refractivity contribution in [3.05, 3.63) is 23.8 Å². The first-order valence-electron chi connectivity index (χ1n) is 7.75. The van der Waals surface area contributed by atoms with Gasteiger partial charge >= 0.3 is 0 Å². The van der Waals surface area contributed by atoms with Crippen LogP contribution in [-0.4, -0.2) is 23.9 Å². The third-order valence-corrected chi connectivity index (χ3v) is 3.50. The van der Waals surface area contributed by atoms with Gasteiger partial charge in [-0.15, -0.1) is 0 Å². The van der Waals surface area contributed by atoms with Crippen molar-refractivity contribution in [3.63, 3.8) is 0 Å². The van der Waals surface area contributed by atoms with Gasteiger partial charge in [0.2, 0.25) is 5.91 Å². The summed E-state index contributed by atoms with van der Waals surface area (Å²) in [6.45, 7) is 8.04. The highest BCUT2D eigenvalue weighted by molar-refractivity contribution is 5.76. The smallest absolute Gasteiger partial charge is 0.222 e. The first-order chi connectivity index (χ1) is 9.17. The summed E-state index contributed by atoms with van der Waals surface area (Å²) in [6.07, 6.45) is 13.3. The van der Waals surface area contributed by atoms with Crippen LogP contribution in [0.3, 0.4) is 0 Å². The zero-order chi connectivity index (χ0) is 14.1. The lowest BCUT2D eigenvalue weighted by atomic mass is 10.1. The second-order valence-electron chi connectivity index (χ2n) is 5.58. The molecule has 2 heteroatoms. The van der Waals surface area contributed by atoms with E-state index in [0.29, 0.717) is 12.3 Å². The molecule has 0 radical (unpaired) electrons. The molecular weight excluding hydrogens is 234 g/mol.